The molecule has 0 radical (unpaired) electrons. The second-order valence-electron chi connectivity index (χ2n) is 5.36. The highest BCUT2D eigenvalue weighted by Gasteiger charge is 2.43. The van der Waals surface area contributed by atoms with Gasteiger partial charge in [0.05, 0.1) is 6.10 Å². The van der Waals surface area contributed by atoms with E-state index in [4.69, 9.17) is 4.74 Å². The van der Waals surface area contributed by atoms with Crippen molar-refractivity contribution in [3.8, 4) is 0 Å². The minimum Gasteiger partial charge on any atom is -0.351 e. The van der Waals surface area contributed by atoms with Gasteiger partial charge in [-0.1, -0.05) is 20.8 Å². The SMILES string of the molecule is CC(C)(C)C(=O)C1OC2CCCN1C2. The van der Waals surface area contributed by atoms with E-state index in [1.54, 1.807) is 0 Å². The fourth-order valence-electron chi connectivity index (χ4n) is 2.16. The van der Waals surface area contributed by atoms with Crippen molar-refractivity contribution in [2.45, 2.75) is 45.9 Å². The van der Waals surface area contributed by atoms with Crippen LogP contribution >= 0.6 is 0 Å². The molecule has 2 bridgehead atoms. The average Bonchev–Trinajstić information content (AvgIpc) is 2.39. The predicted molar refractivity (Wildman–Crippen MR) is 53.9 cm³/mol. The average molecular weight is 197 g/mol. The predicted octanol–water partition coefficient (Wildman–Crippen LogP) is 1.42. The number of hydrogen-bond acceptors (Lipinski definition) is 3. The summed E-state index contributed by atoms with van der Waals surface area (Å²) < 4.78 is 5.75. The van der Waals surface area contributed by atoms with Gasteiger partial charge in [0, 0.05) is 18.5 Å². The molecule has 3 nitrogen and oxygen atoms in total. The molecule has 2 rings (SSSR count). The fourth-order valence-corrected chi connectivity index (χ4v) is 2.16. The van der Waals surface area contributed by atoms with Crippen LogP contribution in [0.25, 0.3) is 0 Å². The Hall–Kier alpha value is -0.410. The van der Waals surface area contributed by atoms with E-state index in [9.17, 15) is 4.79 Å². The summed E-state index contributed by atoms with van der Waals surface area (Å²) in [5.41, 5.74) is -0.290. The van der Waals surface area contributed by atoms with Gasteiger partial charge in [-0.3, -0.25) is 9.69 Å². The summed E-state index contributed by atoms with van der Waals surface area (Å²) in [7, 11) is 0. The lowest BCUT2D eigenvalue weighted by Gasteiger charge is -2.27. The number of carbonyl (C=O) groups is 1. The van der Waals surface area contributed by atoms with Crippen LogP contribution in [0.2, 0.25) is 0 Å². The van der Waals surface area contributed by atoms with Crippen LogP contribution < -0.4 is 0 Å². The molecule has 0 spiro atoms. The standard InChI is InChI=1S/C11H19NO2/c1-11(2,3)9(13)10-12-6-4-5-8(7-12)14-10/h8,10H,4-7H2,1-3H3. The molecule has 0 aliphatic carbocycles. The second-order valence-corrected chi connectivity index (χ2v) is 5.36. The van der Waals surface area contributed by atoms with Crippen molar-refractivity contribution in [2.24, 2.45) is 5.41 Å². The smallest absolute Gasteiger partial charge is 0.181 e. The summed E-state index contributed by atoms with van der Waals surface area (Å²) >= 11 is 0. The number of ketones is 1. The third-order valence-corrected chi connectivity index (χ3v) is 3.03. The number of nitrogens with zero attached hydrogens (tertiary/aromatic N) is 1. The van der Waals surface area contributed by atoms with Crippen LogP contribution in [-0.2, 0) is 9.53 Å². The molecule has 2 aliphatic rings. The van der Waals surface area contributed by atoms with Crippen LogP contribution in [0.3, 0.4) is 0 Å². The van der Waals surface area contributed by atoms with E-state index >= 15 is 0 Å². The number of rotatable bonds is 1. The normalized spacial score (nSPS) is 37.2. The number of fused-ring (bicyclic) bond motifs is 2. The molecular formula is C11H19NO2. The molecule has 0 aromatic rings. The molecule has 2 fully saturated rings. The highest BCUT2D eigenvalue weighted by atomic mass is 16.5. The zero-order valence-electron chi connectivity index (χ0n) is 9.25. The highest BCUT2D eigenvalue weighted by Crippen LogP contribution is 2.30. The van der Waals surface area contributed by atoms with Crippen LogP contribution in [0.1, 0.15) is 33.6 Å². The molecule has 0 N–H and O–H groups in total. The third-order valence-electron chi connectivity index (χ3n) is 3.03. The van der Waals surface area contributed by atoms with Gasteiger partial charge >= 0.3 is 0 Å². The van der Waals surface area contributed by atoms with Gasteiger partial charge in [-0.15, -0.1) is 0 Å². The fraction of sp³-hybridized carbons (Fsp3) is 0.909. The third kappa shape index (κ3) is 1.71. The topological polar surface area (TPSA) is 29.5 Å². The molecule has 3 unspecified atom stereocenters. The molecule has 0 aromatic heterocycles. The van der Waals surface area contributed by atoms with Crippen LogP contribution in [0.15, 0.2) is 0 Å². The van der Waals surface area contributed by atoms with Gasteiger partial charge in [0.15, 0.2) is 12.0 Å². The number of Topliss-reactive ketones (excluding diaryl/α,β-unsaturated/α-hetero) is 1. The Morgan fingerprint density at radius 1 is 1.43 bits per heavy atom. The van der Waals surface area contributed by atoms with E-state index in [1.807, 2.05) is 20.8 Å². The quantitative estimate of drug-likeness (QED) is 0.636. The van der Waals surface area contributed by atoms with E-state index in [0.717, 1.165) is 19.5 Å². The summed E-state index contributed by atoms with van der Waals surface area (Å²) in [5, 5.41) is 0. The first kappa shape index (κ1) is 10.1. The van der Waals surface area contributed by atoms with Gasteiger partial charge < -0.3 is 4.74 Å². The zero-order valence-corrected chi connectivity index (χ0v) is 9.25. The van der Waals surface area contributed by atoms with Gasteiger partial charge in [0.25, 0.3) is 0 Å². The van der Waals surface area contributed by atoms with Crippen molar-refractivity contribution >= 4 is 5.78 Å². The summed E-state index contributed by atoms with van der Waals surface area (Å²) in [6.45, 7) is 7.85. The Kier molecular flexibility index (Phi) is 2.40. The largest absolute Gasteiger partial charge is 0.351 e. The molecule has 14 heavy (non-hydrogen) atoms. The number of piperidine rings is 1. The maximum absolute atomic E-state index is 12.0. The summed E-state index contributed by atoms with van der Waals surface area (Å²) in [5.74, 6) is 0.224. The maximum Gasteiger partial charge on any atom is 0.181 e. The highest BCUT2D eigenvalue weighted by molar-refractivity contribution is 5.87. The Morgan fingerprint density at radius 3 is 2.71 bits per heavy atom. The molecule has 0 saturated carbocycles. The summed E-state index contributed by atoms with van der Waals surface area (Å²) in [4.78, 5) is 14.2. The van der Waals surface area contributed by atoms with Crippen LogP contribution in [0, 0.1) is 5.41 Å². The number of hydrogen-bond donors (Lipinski definition) is 0. The second kappa shape index (κ2) is 3.31. The number of carbonyl (C=O) groups excluding carboxylic acids is 1. The van der Waals surface area contributed by atoms with Crippen molar-refractivity contribution in [1.29, 1.82) is 0 Å². The van der Waals surface area contributed by atoms with E-state index in [-0.39, 0.29) is 17.4 Å². The van der Waals surface area contributed by atoms with E-state index in [2.05, 4.69) is 4.90 Å². The van der Waals surface area contributed by atoms with Gasteiger partial charge in [0.2, 0.25) is 0 Å². The Labute approximate surface area is 85.4 Å². The molecule has 80 valence electrons. The van der Waals surface area contributed by atoms with Gasteiger partial charge in [-0.25, -0.2) is 0 Å². The maximum atomic E-state index is 12.0. The first-order valence-corrected chi connectivity index (χ1v) is 5.42. The van der Waals surface area contributed by atoms with Gasteiger partial charge in [-0.05, 0) is 12.8 Å². The first-order valence-electron chi connectivity index (χ1n) is 5.42. The molecule has 2 saturated heterocycles. The number of ether oxygens (including phenoxy) is 1. The molecule has 2 aliphatic heterocycles. The molecule has 2 heterocycles. The lowest BCUT2D eigenvalue weighted by molar-refractivity contribution is -0.143. The minimum atomic E-state index is -0.290. The summed E-state index contributed by atoms with van der Waals surface area (Å²) in [6.07, 6.45) is 2.32. The lowest BCUT2D eigenvalue weighted by atomic mass is 9.89. The first-order chi connectivity index (χ1) is 6.48. The van der Waals surface area contributed by atoms with Crippen molar-refractivity contribution in [1.82, 2.24) is 4.90 Å². The molecule has 3 heteroatoms. The van der Waals surface area contributed by atoms with Crippen LogP contribution in [0.4, 0.5) is 0 Å². The van der Waals surface area contributed by atoms with E-state index < -0.39 is 0 Å². The van der Waals surface area contributed by atoms with Gasteiger partial charge in [0.1, 0.15) is 0 Å². The van der Waals surface area contributed by atoms with Crippen molar-refractivity contribution in [2.75, 3.05) is 13.1 Å². The van der Waals surface area contributed by atoms with Crippen LogP contribution in [-0.4, -0.2) is 36.1 Å². The summed E-state index contributed by atoms with van der Waals surface area (Å²) in [6, 6.07) is 0. The van der Waals surface area contributed by atoms with E-state index in [0.29, 0.717) is 6.10 Å². The zero-order chi connectivity index (χ0) is 10.3. The van der Waals surface area contributed by atoms with Crippen molar-refractivity contribution in [3.63, 3.8) is 0 Å². The molecular weight excluding hydrogens is 178 g/mol. The van der Waals surface area contributed by atoms with E-state index in [1.165, 1.54) is 6.42 Å². The van der Waals surface area contributed by atoms with Crippen LogP contribution in [0.5, 0.6) is 0 Å². The molecule has 3 atom stereocenters. The Balaban J connectivity index is 2.09. The Bertz CT molecular complexity index is 244. The Morgan fingerprint density at radius 2 is 2.14 bits per heavy atom. The molecule has 0 aromatic carbocycles. The lowest BCUT2D eigenvalue weighted by Crippen LogP contribution is -2.43. The minimum absolute atomic E-state index is 0.224. The molecule has 0 amide bonds. The van der Waals surface area contributed by atoms with Crippen molar-refractivity contribution in [3.05, 3.63) is 0 Å². The van der Waals surface area contributed by atoms with Gasteiger partial charge in [-0.2, -0.15) is 0 Å². The van der Waals surface area contributed by atoms with Crippen molar-refractivity contribution < 1.29 is 9.53 Å². The monoisotopic (exact) mass is 197 g/mol.